The molecule has 0 fully saturated rings. The Balaban J connectivity index is 1.60. The first-order valence-corrected chi connectivity index (χ1v) is 13.1. The van der Waals surface area contributed by atoms with Crippen molar-refractivity contribution in [1.82, 2.24) is 10.6 Å². The fraction of sp³-hybridized carbons (Fsp3) is 0.433. The van der Waals surface area contributed by atoms with Crippen LogP contribution in [0.4, 0.5) is 0 Å². The Hall–Kier alpha value is -3.45. The normalized spacial score (nSPS) is 21.9. The molecule has 2 aromatic carbocycles. The third-order valence-corrected chi connectivity index (χ3v) is 6.52. The number of rotatable bonds is 8. The molecule has 2 aromatic rings. The quantitative estimate of drug-likeness (QED) is 0.376. The zero-order valence-electron chi connectivity index (χ0n) is 21.5. The highest BCUT2D eigenvalue weighted by Crippen LogP contribution is 2.19. The van der Waals surface area contributed by atoms with E-state index in [1.807, 2.05) is 72.8 Å². The van der Waals surface area contributed by atoms with Crippen LogP contribution in [0.3, 0.4) is 0 Å². The molecule has 0 unspecified atom stereocenters. The molecular formula is C30H38N2O5. The van der Waals surface area contributed by atoms with Gasteiger partial charge >= 0.3 is 5.97 Å². The van der Waals surface area contributed by atoms with Crippen molar-refractivity contribution in [2.24, 2.45) is 11.8 Å². The molecule has 1 heterocycles. The van der Waals surface area contributed by atoms with Crippen molar-refractivity contribution in [2.45, 2.75) is 57.6 Å². The topological polar surface area (TPSA) is 105 Å². The third kappa shape index (κ3) is 9.84. The number of carbonyl (C=O) groups is 3. The van der Waals surface area contributed by atoms with Crippen LogP contribution in [0.15, 0.2) is 72.8 Å². The summed E-state index contributed by atoms with van der Waals surface area (Å²) in [6.07, 6.45) is 6.24. The Labute approximate surface area is 219 Å². The summed E-state index contributed by atoms with van der Waals surface area (Å²) in [5, 5.41) is 15.4. The van der Waals surface area contributed by atoms with Gasteiger partial charge in [-0.3, -0.25) is 14.4 Å². The number of hydrogen-bond donors (Lipinski definition) is 3. The van der Waals surface area contributed by atoms with E-state index in [0.717, 1.165) is 11.1 Å². The van der Waals surface area contributed by atoms with Crippen LogP contribution in [0.1, 0.15) is 43.7 Å². The van der Waals surface area contributed by atoms with Gasteiger partial charge in [0.05, 0.1) is 31.0 Å². The Kier molecular flexibility index (Phi) is 11.4. The van der Waals surface area contributed by atoms with Gasteiger partial charge in [0.15, 0.2) is 0 Å². The van der Waals surface area contributed by atoms with Gasteiger partial charge in [-0.2, -0.15) is 0 Å². The molecule has 37 heavy (non-hydrogen) atoms. The number of amides is 2. The van der Waals surface area contributed by atoms with Crippen molar-refractivity contribution in [3.8, 4) is 0 Å². The summed E-state index contributed by atoms with van der Waals surface area (Å²) in [6.45, 7) is 1.74. The molecule has 0 saturated carbocycles. The Bertz CT molecular complexity index is 1020. The van der Waals surface area contributed by atoms with Crippen LogP contribution in [0.5, 0.6) is 0 Å². The van der Waals surface area contributed by atoms with Gasteiger partial charge in [-0.1, -0.05) is 72.8 Å². The zero-order valence-corrected chi connectivity index (χ0v) is 21.5. The first kappa shape index (κ1) is 28.1. The van der Waals surface area contributed by atoms with Gasteiger partial charge in [0.1, 0.15) is 6.10 Å². The molecule has 0 spiro atoms. The average Bonchev–Trinajstić information content (AvgIpc) is 2.91. The van der Waals surface area contributed by atoms with Crippen molar-refractivity contribution in [3.05, 3.63) is 83.9 Å². The molecule has 198 valence electrons. The van der Waals surface area contributed by atoms with Gasteiger partial charge in [0, 0.05) is 6.42 Å². The van der Waals surface area contributed by atoms with E-state index in [-0.39, 0.29) is 43.3 Å². The van der Waals surface area contributed by atoms with Crippen molar-refractivity contribution < 1.29 is 24.2 Å². The van der Waals surface area contributed by atoms with E-state index < -0.39 is 18.1 Å². The van der Waals surface area contributed by atoms with Crippen molar-refractivity contribution in [2.75, 3.05) is 13.2 Å². The van der Waals surface area contributed by atoms with Crippen LogP contribution in [0.2, 0.25) is 0 Å². The van der Waals surface area contributed by atoms with Crippen LogP contribution in [-0.4, -0.2) is 48.2 Å². The van der Waals surface area contributed by atoms with E-state index in [1.54, 1.807) is 6.92 Å². The molecule has 0 aromatic heterocycles. The summed E-state index contributed by atoms with van der Waals surface area (Å²) < 4.78 is 5.65. The first-order chi connectivity index (χ1) is 17.9. The number of aliphatic hydroxyl groups excluding tert-OH is 1. The maximum Gasteiger partial charge on any atom is 0.309 e. The lowest BCUT2D eigenvalue weighted by atomic mass is 9.94. The molecule has 0 radical (unpaired) electrons. The van der Waals surface area contributed by atoms with Crippen LogP contribution in [0.25, 0.3) is 0 Å². The third-order valence-electron chi connectivity index (χ3n) is 6.52. The molecule has 3 N–H and O–H groups in total. The molecule has 0 aliphatic carbocycles. The fourth-order valence-corrected chi connectivity index (χ4v) is 4.46. The monoisotopic (exact) mass is 506 g/mol. The molecule has 3 rings (SSSR count). The highest BCUT2D eigenvalue weighted by molar-refractivity contribution is 5.86. The molecule has 0 saturated heterocycles. The highest BCUT2D eigenvalue weighted by atomic mass is 16.5. The summed E-state index contributed by atoms with van der Waals surface area (Å²) >= 11 is 0. The number of hydrogen-bond acceptors (Lipinski definition) is 5. The molecule has 7 heteroatoms. The van der Waals surface area contributed by atoms with Gasteiger partial charge < -0.3 is 20.5 Å². The summed E-state index contributed by atoms with van der Waals surface area (Å²) in [7, 11) is 0. The average molecular weight is 507 g/mol. The maximum absolute atomic E-state index is 12.9. The largest absolute Gasteiger partial charge is 0.461 e. The van der Waals surface area contributed by atoms with Crippen LogP contribution in [0, 0.1) is 11.8 Å². The second-order valence-corrected chi connectivity index (χ2v) is 9.70. The second-order valence-electron chi connectivity index (χ2n) is 9.70. The van der Waals surface area contributed by atoms with E-state index in [4.69, 9.17) is 4.74 Å². The number of nitrogens with one attached hydrogen (secondary N) is 2. The minimum absolute atomic E-state index is 0.00621. The standard InChI is InChI=1S/C30H38N2O5/c1-22-20-31-29(35)25(19-28(34)32-27(21-33)18-24-13-7-3-8-14-24)15-9-4-10-16-26(30(36)37-22)17-23-11-5-2-6-12-23/h2-9,11-14,22,25-27,33H,10,15-21H2,1H3,(H,31,35)(H,32,34)/t22-,25+,26+,27+/m0/s1. The van der Waals surface area contributed by atoms with Gasteiger partial charge in [-0.05, 0) is 50.2 Å². The number of benzene rings is 2. The lowest BCUT2D eigenvalue weighted by Crippen LogP contribution is -2.42. The minimum atomic E-state index is -0.559. The van der Waals surface area contributed by atoms with Crippen LogP contribution in [-0.2, 0) is 32.0 Å². The molecule has 1 aliphatic heterocycles. The number of allylic oxidation sites excluding steroid dienone is 2. The Morgan fingerprint density at radius 3 is 2.38 bits per heavy atom. The predicted molar refractivity (Wildman–Crippen MR) is 142 cm³/mol. The molecule has 2 amide bonds. The molecular weight excluding hydrogens is 468 g/mol. The molecule has 7 nitrogen and oxygen atoms in total. The summed E-state index contributed by atoms with van der Waals surface area (Å²) in [6, 6.07) is 19.1. The van der Waals surface area contributed by atoms with E-state index in [0.29, 0.717) is 32.1 Å². The lowest BCUT2D eigenvalue weighted by molar-refractivity contribution is -0.153. The van der Waals surface area contributed by atoms with Gasteiger partial charge in [-0.25, -0.2) is 0 Å². The second kappa shape index (κ2) is 15.0. The van der Waals surface area contributed by atoms with Crippen molar-refractivity contribution in [3.63, 3.8) is 0 Å². The van der Waals surface area contributed by atoms with E-state index in [9.17, 15) is 19.5 Å². The molecule has 1 aliphatic rings. The number of cyclic esters (lactones) is 1. The Morgan fingerprint density at radius 2 is 1.70 bits per heavy atom. The van der Waals surface area contributed by atoms with Gasteiger partial charge in [-0.15, -0.1) is 0 Å². The van der Waals surface area contributed by atoms with E-state index >= 15 is 0 Å². The number of carbonyl (C=O) groups excluding carboxylic acids is 3. The minimum Gasteiger partial charge on any atom is -0.461 e. The van der Waals surface area contributed by atoms with Crippen molar-refractivity contribution >= 4 is 17.8 Å². The maximum atomic E-state index is 12.9. The number of aliphatic hydroxyl groups is 1. The highest BCUT2D eigenvalue weighted by Gasteiger charge is 2.26. The van der Waals surface area contributed by atoms with Gasteiger partial charge in [0.25, 0.3) is 0 Å². The van der Waals surface area contributed by atoms with Crippen molar-refractivity contribution in [1.29, 1.82) is 0 Å². The van der Waals surface area contributed by atoms with Gasteiger partial charge in [0.2, 0.25) is 11.8 Å². The van der Waals surface area contributed by atoms with E-state index in [2.05, 4.69) is 10.6 Å². The van der Waals surface area contributed by atoms with Crippen LogP contribution < -0.4 is 10.6 Å². The summed E-state index contributed by atoms with van der Waals surface area (Å²) in [5.74, 6) is -1.63. The lowest BCUT2D eigenvalue weighted by Gasteiger charge is -2.21. The predicted octanol–water partition coefficient (Wildman–Crippen LogP) is 3.36. The number of esters is 1. The molecule has 4 atom stereocenters. The van der Waals surface area contributed by atoms with Crippen LogP contribution >= 0.6 is 0 Å². The van der Waals surface area contributed by atoms with E-state index in [1.165, 1.54) is 0 Å². The summed E-state index contributed by atoms with van der Waals surface area (Å²) in [5.41, 5.74) is 2.09. The number of ether oxygens (including phenoxy) is 1. The zero-order chi connectivity index (χ0) is 26.5. The molecule has 0 bridgehead atoms. The summed E-state index contributed by atoms with van der Waals surface area (Å²) in [4.78, 5) is 38.5. The smallest absolute Gasteiger partial charge is 0.309 e. The fourth-order valence-electron chi connectivity index (χ4n) is 4.46. The SMILES string of the molecule is C[C@H]1CNC(=O)[C@@H](CC(=O)N[C@@H](CO)Cc2ccccc2)CC=CCC[C@H](Cc2ccccc2)C(=O)O1. The first-order valence-electron chi connectivity index (χ1n) is 13.1. The Morgan fingerprint density at radius 1 is 1.03 bits per heavy atom.